The molecule has 18 heavy (non-hydrogen) atoms. The van der Waals surface area contributed by atoms with E-state index >= 15 is 0 Å². The predicted octanol–water partition coefficient (Wildman–Crippen LogP) is 2.73. The van der Waals surface area contributed by atoms with Gasteiger partial charge in [0, 0.05) is 29.2 Å². The fourth-order valence-corrected chi connectivity index (χ4v) is 2.33. The Morgan fingerprint density at radius 2 is 2.17 bits per heavy atom. The third-order valence-corrected chi connectivity index (χ3v) is 3.92. The lowest BCUT2D eigenvalue weighted by atomic mass is 10.1. The molecule has 1 heterocycles. The van der Waals surface area contributed by atoms with Crippen molar-refractivity contribution in [3.8, 4) is 0 Å². The normalized spacial score (nSPS) is 16.8. The Morgan fingerprint density at radius 3 is 2.89 bits per heavy atom. The average Bonchev–Trinajstić information content (AvgIpc) is 3.18. The maximum absolute atomic E-state index is 9.34. The summed E-state index contributed by atoms with van der Waals surface area (Å²) in [5.41, 5.74) is 3.48. The summed E-state index contributed by atoms with van der Waals surface area (Å²) in [4.78, 5) is 4.43. The molecule has 1 aromatic carbocycles. The van der Waals surface area contributed by atoms with E-state index in [0.29, 0.717) is 0 Å². The Morgan fingerprint density at radius 1 is 1.33 bits per heavy atom. The van der Waals surface area contributed by atoms with Gasteiger partial charge in [0.2, 0.25) is 0 Å². The zero-order valence-electron chi connectivity index (χ0n) is 10.6. The zero-order chi connectivity index (χ0) is 12.6. The van der Waals surface area contributed by atoms with Crippen LogP contribution in [0.25, 0.3) is 10.9 Å². The number of anilines is 1. The Bertz CT molecular complexity index is 576. The number of hydrogen-bond donors (Lipinski definition) is 2. The van der Waals surface area contributed by atoms with Crippen LogP contribution in [0.3, 0.4) is 0 Å². The molecule has 0 saturated heterocycles. The fourth-order valence-electron chi connectivity index (χ4n) is 2.33. The number of nitrogens with zero attached hydrogens (tertiary/aromatic N) is 1. The molecule has 0 atom stereocenters. The summed E-state index contributed by atoms with van der Waals surface area (Å²) in [6, 6.07) is 8.24. The molecular weight excluding hydrogens is 224 g/mol. The van der Waals surface area contributed by atoms with E-state index in [1.807, 2.05) is 12.3 Å². The van der Waals surface area contributed by atoms with Crippen molar-refractivity contribution in [3.05, 3.63) is 36.0 Å². The van der Waals surface area contributed by atoms with Crippen LogP contribution in [0.1, 0.15) is 18.4 Å². The summed E-state index contributed by atoms with van der Waals surface area (Å²) in [6.45, 7) is 3.20. The Kier molecular flexibility index (Phi) is 2.71. The van der Waals surface area contributed by atoms with E-state index in [1.165, 1.54) is 5.56 Å². The van der Waals surface area contributed by atoms with Gasteiger partial charge in [-0.1, -0.05) is 18.2 Å². The first-order valence-corrected chi connectivity index (χ1v) is 6.43. The van der Waals surface area contributed by atoms with Crippen molar-refractivity contribution in [3.63, 3.8) is 0 Å². The van der Waals surface area contributed by atoms with Gasteiger partial charge < -0.3 is 10.4 Å². The van der Waals surface area contributed by atoms with Crippen LogP contribution in [0.4, 0.5) is 5.69 Å². The lowest BCUT2D eigenvalue weighted by Crippen LogP contribution is -2.19. The van der Waals surface area contributed by atoms with Crippen molar-refractivity contribution < 1.29 is 5.11 Å². The van der Waals surface area contributed by atoms with Crippen molar-refractivity contribution in [2.75, 3.05) is 18.5 Å². The number of rotatable bonds is 4. The van der Waals surface area contributed by atoms with E-state index in [9.17, 15) is 5.11 Å². The van der Waals surface area contributed by atoms with Crippen LogP contribution in [-0.4, -0.2) is 23.2 Å². The van der Waals surface area contributed by atoms with E-state index in [1.54, 1.807) is 0 Å². The molecule has 3 rings (SSSR count). The summed E-state index contributed by atoms with van der Waals surface area (Å²) in [5.74, 6) is 0. The van der Waals surface area contributed by atoms with Crippen LogP contribution in [0.15, 0.2) is 30.5 Å². The summed E-state index contributed by atoms with van der Waals surface area (Å²) in [6.07, 6.45) is 4.09. The second-order valence-corrected chi connectivity index (χ2v) is 5.34. The van der Waals surface area contributed by atoms with Crippen molar-refractivity contribution >= 4 is 16.6 Å². The lowest BCUT2D eigenvalue weighted by Gasteiger charge is -2.15. The van der Waals surface area contributed by atoms with Gasteiger partial charge >= 0.3 is 0 Å². The van der Waals surface area contributed by atoms with Gasteiger partial charge in [-0.3, -0.25) is 4.98 Å². The fraction of sp³-hybridized carbons (Fsp3) is 0.400. The molecule has 1 aliphatic rings. The molecule has 94 valence electrons. The van der Waals surface area contributed by atoms with E-state index in [-0.39, 0.29) is 12.0 Å². The summed E-state index contributed by atoms with van der Waals surface area (Å²) in [5, 5.41) is 14.0. The quantitative estimate of drug-likeness (QED) is 0.866. The molecule has 0 spiro atoms. The second kappa shape index (κ2) is 4.25. The smallest absolute Gasteiger partial charge is 0.0751 e. The molecular formula is C15H18N2O. The van der Waals surface area contributed by atoms with Gasteiger partial charge in [0.1, 0.15) is 0 Å². The monoisotopic (exact) mass is 242 g/mol. The third-order valence-electron chi connectivity index (χ3n) is 3.92. The number of aryl methyl sites for hydroxylation is 1. The van der Waals surface area contributed by atoms with Gasteiger partial charge in [0.15, 0.2) is 0 Å². The number of para-hydroxylation sites is 1. The SMILES string of the molecule is Cc1cccc2c(NCC3(CO)CC3)ccnc12. The molecule has 1 saturated carbocycles. The number of pyridine rings is 1. The van der Waals surface area contributed by atoms with Crippen LogP contribution in [0, 0.1) is 12.3 Å². The summed E-state index contributed by atoms with van der Waals surface area (Å²) in [7, 11) is 0. The van der Waals surface area contributed by atoms with E-state index < -0.39 is 0 Å². The number of aliphatic hydroxyl groups excluding tert-OH is 1. The average molecular weight is 242 g/mol. The molecule has 3 nitrogen and oxygen atoms in total. The van der Waals surface area contributed by atoms with Crippen molar-refractivity contribution in [1.29, 1.82) is 0 Å². The third kappa shape index (κ3) is 1.95. The molecule has 2 aromatic rings. The van der Waals surface area contributed by atoms with Crippen LogP contribution in [0.5, 0.6) is 0 Å². The Labute approximate surface area is 107 Å². The molecule has 1 aliphatic carbocycles. The molecule has 0 bridgehead atoms. The molecule has 1 fully saturated rings. The highest BCUT2D eigenvalue weighted by atomic mass is 16.3. The largest absolute Gasteiger partial charge is 0.396 e. The van der Waals surface area contributed by atoms with Crippen molar-refractivity contribution in [1.82, 2.24) is 4.98 Å². The number of benzene rings is 1. The minimum Gasteiger partial charge on any atom is -0.396 e. The van der Waals surface area contributed by atoms with Crippen LogP contribution in [-0.2, 0) is 0 Å². The first-order chi connectivity index (χ1) is 8.74. The minimum absolute atomic E-state index is 0.124. The molecule has 0 aliphatic heterocycles. The molecule has 0 amide bonds. The number of fused-ring (bicyclic) bond motifs is 1. The molecule has 2 N–H and O–H groups in total. The van der Waals surface area contributed by atoms with Gasteiger partial charge in [-0.15, -0.1) is 0 Å². The van der Waals surface area contributed by atoms with Gasteiger partial charge in [-0.2, -0.15) is 0 Å². The Balaban J connectivity index is 1.90. The van der Waals surface area contributed by atoms with Gasteiger partial charge in [0.05, 0.1) is 12.1 Å². The van der Waals surface area contributed by atoms with E-state index in [0.717, 1.165) is 36.0 Å². The maximum atomic E-state index is 9.34. The second-order valence-electron chi connectivity index (χ2n) is 5.34. The minimum atomic E-state index is 0.124. The highest BCUT2D eigenvalue weighted by Crippen LogP contribution is 2.45. The zero-order valence-corrected chi connectivity index (χ0v) is 10.6. The molecule has 0 radical (unpaired) electrons. The molecule has 0 unspecified atom stereocenters. The Hall–Kier alpha value is -1.61. The van der Waals surface area contributed by atoms with E-state index in [2.05, 4.69) is 35.4 Å². The van der Waals surface area contributed by atoms with Gasteiger partial charge in [-0.25, -0.2) is 0 Å². The topological polar surface area (TPSA) is 45.1 Å². The maximum Gasteiger partial charge on any atom is 0.0751 e. The highest BCUT2D eigenvalue weighted by molar-refractivity contribution is 5.92. The van der Waals surface area contributed by atoms with Gasteiger partial charge in [-0.05, 0) is 31.4 Å². The van der Waals surface area contributed by atoms with Crippen LogP contribution < -0.4 is 5.32 Å². The number of aliphatic hydroxyl groups is 1. The summed E-state index contributed by atoms with van der Waals surface area (Å²) < 4.78 is 0. The van der Waals surface area contributed by atoms with Crippen molar-refractivity contribution in [2.24, 2.45) is 5.41 Å². The van der Waals surface area contributed by atoms with Crippen LogP contribution >= 0.6 is 0 Å². The van der Waals surface area contributed by atoms with Gasteiger partial charge in [0.25, 0.3) is 0 Å². The first-order valence-electron chi connectivity index (χ1n) is 6.43. The van der Waals surface area contributed by atoms with Crippen LogP contribution in [0.2, 0.25) is 0 Å². The highest BCUT2D eigenvalue weighted by Gasteiger charge is 2.41. The molecule has 1 aromatic heterocycles. The lowest BCUT2D eigenvalue weighted by molar-refractivity contribution is 0.220. The number of nitrogens with one attached hydrogen (secondary N) is 1. The standard InChI is InChI=1S/C15H18N2O/c1-11-3-2-4-12-13(5-8-16-14(11)12)17-9-15(10-18)6-7-15/h2-5,8,18H,6-7,9-10H2,1H3,(H,16,17). The van der Waals surface area contributed by atoms with E-state index in [4.69, 9.17) is 0 Å². The number of hydrogen-bond acceptors (Lipinski definition) is 3. The first kappa shape index (κ1) is 11.5. The predicted molar refractivity (Wildman–Crippen MR) is 73.7 cm³/mol. The molecule has 3 heteroatoms. The summed E-state index contributed by atoms with van der Waals surface area (Å²) >= 11 is 0. The number of aromatic nitrogens is 1. The van der Waals surface area contributed by atoms with Crippen molar-refractivity contribution in [2.45, 2.75) is 19.8 Å².